The van der Waals surface area contributed by atoms with Gasteiger partial charge < -0.3 is 14.2 Å². The maximum Gasteiger partial charge on any atom is 0.410 e. The van der Waals surface area contributed by atoms with Crippen molar-refractivity contribution in [1.82, 2.24) is 4.90 Å². The molecule has 0 aromatic heterocycles. The van der Waals surface area contributed by atoms with Crippen molar-refractivity contribution < 1.29 is 19.0 Å². The number of ether oxygens (including phenoxy) is 3. The zero-order valence-electron chi connectivity index (χ0n) is 12.0. The first-order valence-corrected chi connectivity index (χ1v) is 7.07. The Hall–Kier alpha value is -2.01. The summed E-state index contributed by atoms with van der Waals surface area (Å²) in [5.41, 5.74) is 1.03. The van der Waals surface area contributed by atoms with Crippen molar-refractivity contribution in [1.29, 1.82) is 0 Å². The van der Waals surface area contributed by atoms with Crippen molar-refractivity contribution in [3.63, 3.8) is 0 Å². The van der Waals surface area contributed by atoms with Gasteiger partial charge in [0.05, 0.1) is 26.3 Å². The van der Waals surface area contributed by atoms with E-state index in [1.807, 2.05) is 24.3 Å². The lowest BCUT2D eigenvalue weighted by Crippen LogP contribution is -2.55. The minimum atomic E-state index is -0.331. The number of piperidine rings is 1. The monoisotopic (exact) mass is 289 g/mol. The maximum atomic E-state index is 12.1. The Morgan fingerprint density at radius 2 is 2.33 bits per heavy atom. The summed E-state index contributed by atoms with van der Waals surface area (Å²) in [7, 11) is 1.40. The number of carbonyl (C=O) groups is 1. The number of methoxy groups -OCH3 is 1. The summed E-state index contributed by atoms with van der Waals surface area (Å²) < 4.78 is 16.7. The van der Waals surface area contributed by atoms with E-state index in [1.165, 1.54) is 7.11 Å². The predicted molar refractivity (Wildman–Crippen MR) is 77.3 cm³/mol. The predicted octanol–water partition coefficient (Wildman–Crippen LogP) is 2.53. The van der Waals surface area contributed by atoms with Crippen LogP contribution in [-0.4, -0.2) is 43.5 Å². The van der Waals surface area contributed by atoms with Crippen molar-refractivity contribution in [2.24, 2.45) is 0 Å². The second-order valence-electron chi connectivity index (χ2n) is 5.23. The van der Waals surface area contributed by atoms with Crippen LogP contribution in [0.5, 0.6) is 5.75 Å². The summed E-state index contributed by atoms with van der Waals surface area (Å²) in [5, 5.41) is 0. The largest absolute Gasteiger partial charge is 0.487 e. The van der Waals surface area contributed by atoms with Crippen molar-refractivity contribution in [2.45, 2.75) is 24.7 Å². The third-order valence-electron chi connectivity index (χ3n) is 4.02. The van der Waals surface area contributed by atoms with Crippen molar-refractivity contribution in [3.8, 4) is 5.75 Å². The molecule has 0 saturated carbocycles. The lowest BCUT2D eigenvalue weighted by molar-refractivity contribution is -0.0851. The molecule has 1 amide bonds. The molecule has 112 valence electrons. The van der Waals surface area contributed by atoms with Gasteiger partial charge >= 0.3 is 6.09 Å². The highest BCUT2D eigenvalue weighted by Crippen LogP contribution is 2.43. The lowest BCUT2D eigenvalue weighted by atomic mass is 9.88. The van der Waals surface area contributed by atoms with Gasteiger partial charge in [0.25, 0.3) is 0 Å². The van der Waals surface area contributed by atoms with Crippen molar-refractivity contribution in [3.05, 3.63) is 42.5 Å². The fourth-order valence-electron chi connectivity index (χ4n) is 3.05. The van der Waals surface area contributed by atoms with Gasteiger partial charge in [-0.2, -0.15) is 0 Å². The number of hydrogen-bond donors (Lipinski definition) is 0. The van der Waals surface area contributed by atoms with Crippen LogP contribution in [-0.2, 0) is 9.47 Å². The molecule has 2 heterocycles. The average molecular weight is 289 g/mol. The minimum Gasteiger partial charge on any atom is -0.487 e. The van der Waals surface area contributed by atoms with Crippen LogP contribution in [0, 0.1) is 0 Å². The van der Waals surface area contributed by atoms with Crippen LogP contribution >= 0.6 is 0 Å². The molecule has 1 saturated heterocycles. The molecule has 21 heavy (non-hydrogen) atoms. The Balaban J connectivity index is 1.92. The number of nitrogens with zero attached hydrogens (tertiary/aromatic N) is 1. The molecule has 3 atom stereocenters. The topological polar surface area (TPSA) is 48.0 Å². The molecule has 0 unspecified atom stereocenters. The second-order valence-corrected chi connectivity index (χ2v) is 5.23. The highest BCUT2D eigenvalue weighted by atomic mass is 16.6. The van der Waals surface area contributed by atoms with Crippen LogP contribution in [0.1, 0.15) is 18.0 Å². The van der Waals surface area contributed by atoms with Gasteiger partial charge in [-0.1, -0.05) is 24.3 Å². The average Bonchev–Trinajstić information content (AvgIpc) is 2.53. The Labute approximate surface area is 124 Å². The van der Waals surface area contributed by atoms with Gasteiger partial charge in [0.2, 0.25) is 0 Å². The smallest absolute Gasteiger partial charge is 0.410 e. The van der Waals surface area contributed by atoms with Crippen LogP contribution in [0.4, 0.5) is 4.79 Å². The summed E-state index contributed by atoms with van der Waals surface area (Å²) in [6.07, 6.45) is 1.86. The highest BCUT2D eigenvalue weighted by molar-refractivity contribution is 5.69. The standard InChI is InChI=1S/C16H19NO4/c1-3-8-20-15-10-17(16(18)19-2)12-9-14(15)21-13-7-5-4-6-11(12)13/h3-7,12,14-15H,1,8-10H2,2H3/t12-,14-,15+/m1/s1. The molecular weight excluding hydrogens is 270 g/mol. The summed E-state index contributed by atoms with van der Waals surface area (Å²) in [6, 6.07) is 7.80. The highest BCUT2D eigenvalue weighted by Gasteiger charge is 2.44. The van der Waals surface area contributed by atoms with Gasteiger partial charge in [0.1, 0.15) is 18.0 Å². The SMILES string of the molecule is C=CCO[C@H]1CN(C(=O)OC)[C@@H]2C[C@H]1Oc1ccccc12. The van der Waals surface area contributed by atoms with E-state index in [1.54, 1.807) is 11.0 Å². The first-order chi connectivity index (χ1) is 10.2. The third kappa shape index (κ3) is 2.49. The van der Waals surface area contributed by atoms with E-state index in [0.717, 1.165) is 11.3 Å². The maximum absolute atomic E-state index is 12.1. The van der Waals surface area contributed by atoms with Gasteiger partial charge in [-0.05, 0) is 6.07 Å². The number of hydrogen-bond acceptors (Lipinski definition) is 4. The van der Waals surface area contributed by atoms with Crippen molar-refractivity contribution >= 4 is 6.09 Å². The molecule has 1 aromatic carbocycles. The number of para-hydroxylation sites is 1. The summed E-state index contributed by atoms with van der Waals surface area (Å²) in [5.74, 6) is 0.819. The van der Waals surface area contributed by atoms with Gasteiger partial charge in [0, 0.05) is 12.0 Å². The van der Waals surface area contributed by atoms with Gasteiger partial charge in [-0.25, -0.2) is 4.79 Å². The fourth-order valence-corrected chi connectivity index (χ4v) is 3.05. The van der Waals surface area contributed by atoms with Crippen LogP contribution in [0.2, 0.25) is 0 Å². The number of rotatable bonds is 3. The van der Waals surface area contributed by atoms with E-state index in [4.69, 9.17) is 14.2 Å². The molecule has 2 bridgehead atoms. The molecule has 5 heteroatoms. The minimum absolute atomic E-state index is 0.0176. The van der Waals surface area contributed by atoms with E-state index in [9.17, 15) is 4.79 Å². The molecule has 5 nitrogen and oxygen atoms in total. The molecule has 0 N–H and O–H groups in total. The second kappa shape index (κ2) is 5.77. The van der Waals surface area contributed by atoms with E-state index in [0.29, 0.717) is 19.6 Å². The van der Waals surface area contributed by atoms with Crippen LogP contribution in [0.25, 0.3) is 0 Å². The Kier molecular flexibility index (Phi) is 3.84. The molecular formula is C16H19NO4. The van der Waals surface area contributed by atoms with E-state index in [-0.39, 0.29) is 24.3 Å². The Bertz CT molecular complexity index is 545. The summed E-state index contributed by atoms with van der Waals surface area (Å²) in [4.78, 5) is 13.8. The number of carbonyl (C=O) groups excluding carboxylic acids is 1. The first kappa shape index (κ1) is 13.9. The molecule has 3 rings (SSSR count). The normalized spacial score (nSPS) is 26.5. The van der Waals surface area contributed by atoms with E-state index in [2.05, 4.69) is 6.58 Å². The van der Waals surface area contributed by atoms with Crippen LogP contribution < -0.4 is 4.74 Å². The summed E-state index contributed by atoms with van der Waals surface area (Å²) in [6.45, 7) is 4.56. The molecule has 1 fully saturated rings. The number of benzene rings is 1. The van der Waals surface area contributed by atoms with E-state index >= 15 is 0 Å². The lowest BCUT2D eigenvalue weighted by Gasteiger charge is -2.46. The van der Waals surface area contributed by atoms with Gasteiger partial charge in [-0.3, -0.25) is 4.90 Å². The quantitative estimate of drug-likeness (QED) is 0.802. The zero-order chi connectivity index (χ0) is 14.8. The third-order valence-corrected chi connectivity index (χ3v) is 4.02. The van der Waals surface area contributed by atoms with Gasteiger partial charge in [0.15, 0.2) is 0 Å². The van der Waals surface area contributed by atoms with Gasteiger partial charge in [-0.15, -0.1) is 6.58 Å². The summed E-state index contributed by atoms with van der Waals surface area (Å²) >= 11 is 0. The molecule has 1 aromatic rings. The Morgan fingerprint density at radius 1 is 1.52 bits per heavy atom. The van der Waals surface area contributed by atoms with E-state index < -0.39 is 0 Å². The molecule has 0 spiro atoms. The number of amides is 1. The molecule has 0 radical (unpaired) electrons. The molecule has 2 aliphatic heterocycles. The van der Waals surface area contributed by atoms with Crippen LogP contribution in [0.3, 0.4) is 0 Å². The number of likely N-dealkylation sites (tertiary alicyclic amines) is 1. The molecule has 0 aliphatic carbocycles. The van der Waals surface area contributed by atoms with Crippen LogP contribution in [0.15, 0.2) is 36.9 Å². The first-order valence-electron chi connectivity index (χ1n) is 7.07. The molecule has 2 aliphatic rings. The Morgan fingerprint density at radius 3 is 3.10 bits per heavy atom. The number of fused-ring (bicyclic) bond motifs is 4. The zero-order valence-corrected chi connectivity index (χ0v) is 12.0. The van der Waals surface area contributed by atoms with Crippen molar-refractivity contribution in [2.75, 3.05) is 20.3 Å². The fraction of sp³-hybridized carbons (Fsp3) is 0.438.